The van der Waals surface area contributed by atoms with Crippen LogP contribution < -0.4 is 0 Å². The van der Waals surface area contributed by atoms with Crippen LogP contribution in [0.2, 0.25) is 0 Å². The largest absolute Gasteiger partial charge is 0.481 e. The molecular weight excluding hydrogens is 168 g/mol. The van der Waals surface area contributed by atoms with E-state index in [1.165, 1.54) is 0 Å². The maximum absolute atomic E-state index is 10.8. The number of aliphatic carboxylic acids is 1. The molecule has 0 amide bonds. The van der Waals surface area contributed by atoms with Gasteiger partial charge in [0.15, 0.2) is 0 Å². The molecule has 0 radical (unpaired) electrons. The zero-order valence-electron chi connectivity index (χ0n) is 8.16. The van der Waals surface area contributed by atoms with Gasteiger partial charge in [-0.25, -0.2) is 0 Å². The van der Waals surface area contributed by atoms with Gasteiger partial charge in [-0.1, -0.05) is 6.92 Å². The SMILES string of the molecule is CCC(C[C@@H]1CCCOC1)C(=O)O. The Morgan fingerprint density at radius 1 is 1.69 bits per heavy atom. The fourth-order valence-corrected chi connectivity index (χ4v) is 1.84. The number of hydrogen-bond donors (Lipinski definition) is 1. The summed E-state index contributed by atoms with van der Waals surface area (Å²) in [5, 5.41) is 8.86. The van der Waals surface area contributed by atoms with Crippen LogP contribution in [0.4, 0.5) is 0 Å². The van der Waals surface area contributed by atoms with E-state index in [4.69, 9.17) is 9.84 Å². The van der Waals surface area contributed by atoms with Crippen LogP contribution in [0.25, 0.3) is 0 Å². The van der Waals surface area contributed by atoms with Crippen molar-refractivity contribution in [3.05, 3.63) is 0 Å². The number of ether oxygens (including phenoxy) is 1. The van der Waals surface area contributed by atoms with Gasteiger partial charge in [-0.2, -0.15) is 0 Å². The van der Waals surface area contributed by atoms with Gasteiger partial charge in [0.25, 0.3) is 0 Å². The van der Waals surface area contributed by atoms with E-state index in [-0.39, 0.29) is 5.92 Å². The Morgan fingerprint density at radius 3 is 2.92 bits per heavy atom. The van der Waals surface area contributed by atoms with Gasteiger partial charge in [-0.15, -0.1) is 0 Å². The summed E-state index contributed by atoms with van der Waals surface area (Å²) in [5.41, 5.74) is 0. The lowest BCUT2D eigenvalue weighted by Gasteiger charge is -2.24. The molecule has 1 unspecified atom stereocenters. The van der Waals surface area contributed by atoms with E-state index in [0.29, 0.717) is 5.92 Å². The molecule has 0 aromatic carbocycles. The van der Waals surface area contributed by atoms with Crippen LogP contribution in [0.3, 0.4) is 0 Å². The van der Waals surface area contributed by atoms with Gasteiger partial charge >= 0.3 is 5.97 Å². The first-order valence-electron chi connectivity index (χ1n) is 5.04. The monoisotopic (exact) mass is 186 g/mol. The molecule has 13 heavy (non-hydrogen) atoms. The molecule has 1 aliphatic rings. The van der Waals surface area contributed by atoms with Crippen molar-refractivity contribution in [1.82, 2.24) is 0 Å². The average molecular weight is 186 g/mol. The van der Waals surface area contributed by atoms with Gasteiger partial charge in [0.1, 0.15) is 0 Å². The Kier molecular flexibility index (Phi) is 4.22. The maximum atomic E-state index is 10.8. The van der Waals surface area contributed by atoms with Crippen LogP contribution in [0.1, 0.15) is 32.6 Å². The molecule has 0 aromatic rings. The van der Waals surface area contributed by atoms with Crippen molar-refractivity contribution in [3.8, 4) is 0 Å². The van der Waals surface area contributed by atoms with Crippen molar-refractivity contribution in [1.29, 1.82) is 0 Å². The van der Waals surface area contributed by atoms with Crippen LogP contribution in [-0.4, -0.2) is 24.3 Å². The molecule has 1 aliphatic heterocycles. The van der Waals surface area contributed by atoms with Gasteiger partial charge < -0.3 is 9.84 Å². The standard InChI is InChI=1S/C10H18O3/c1-2-9(10(11)12)6-8-4-3-5-13-7-8/h8-9H,2-7H2,1H3,(H,11,12)/t8-,9?/m0/s1. The topological polar surface area (TPSA) is 46.5 Å². The summed E-state index contributed by atoms with van der Waals surface area (Å²) < 4.78 is 5.31. The zero-order valence-corrected chi connectivity index (χ0v) is 8.16. The van der Waals surface area contributed by atoms with E-state index in [1.807, 2.05) is 6.92 Å². The van der Waals surface area contributed by atoms with E-state index in [9.17, 15) is 4.79 Å². The third-order valence-corrected chi connectivity index (χ3v) is 2.71. The predicted octanol–water partition coefficient (Wildman–Crippen LogP) is 1.91. The summed E-state index contributed by atoms with van der Waals surface area (Å²) in [4.78, 5) is 10.8. The molecule has 1 N–H and O–H groups in total. The number of carboxylic acid groups (broad SMARTS) is 1. The molecular formula is C10H18O3. The minimum absolute atomic E-state index is 0.174. The number of carboxylic acids is 1. The molecule has 1 saturated heterocycles. The molecule has 0 aliphatic carbocycles. The second-order valence-electron chi connectivity index (χ2n) is 3.76. The van der Waals surface area contributed by atoms with Gasteiger partial charge in [-0.05, 0) is 31.6 Å². The highest BCUT2D eigenvalue weighted by molar-refractivity contribution is 5.69. The highest BCUT2D eigenvalue weighted by Gasteiger charge is 2.22. The normalized spacial score (nSPS) is 25.5. The van der Waals surface area contributed by atoms with Crippen LogP contribution in [-0.2, 0) is 9.53 Å². The summed E-state index contributed by atoms with van der Waals surface area (Å²) in [6.45, 7) is 3.53. The third kappa shape index (κ3) is 3.35. The lowest BCUT2D eigenvalue weighted by atomic mass is 9.89. The number of rotatable bonds is 4. The van der Waals surface area contributed by atoms with Crippen molar-refractivity contribution < 1.29 is 14.6 Å². The van der Waals surface area contributed by atoms with Gasteiger partial charge in [0.2, 0.25) is 0 Å². The smallest absolute Gasteiger partial charge is 0.306 e. The van der Waals surface area contributed by atoms with Crippen LogP contribution in [0.5, 0.6) is 0 Å². The van der Waals surface area contributed by atoms with Crippen molar-refractivity contribution in [3.63, 3.8) is 0 Å². The lowest BCUT2D eigenvalue weighted by molar-refractivity contribution is -0.142. The quantitative estimate of drug-likeness (QED) is 0.729. The predicted molar refractivity (Wildman–Crippen MR) is 49.6 cm³/mol. The molecule has 0 bridgehead atoms. The Morgan fingerprint density at radius 2 is 2.46 bits per heavy atom. The summed E-state index contributed by atoms with van der Waals surface area (Å²) in [6.07, 6.45) is 3.72. The first-order chi connectivity index (χ1) is 6.24. The van der Waals surface area contributed by atoms with E-state index in [0.717, 1.165) is 38.9 Å². The second-order valence-corrected chi connectivity index (χ2v) is 3.76. The molecule has 0 aromatic heterocycles. The van der Waals surface area contributed by atoms with Crippen molar-refractivity contribution >= 4 is 5.97 Å². The molecule has 1 fully saturated rings. The third-order valence-electron chi connectivity index (χ3n) is 2.71. The lowest BCUT2D eigenvalue weighted by Crippen LogP contribution is -2.23. The average Bonchev–Trinajstić information content (AvgIpc) is 2.15. The van der Waals surface area contributed by atoms with Crippen LogP contribution in [0, 0.1) is 11.8 Å². The number of carbonyl (C=O) groups is 1. The summed E-state index contributed by atoms with van der Waals surface area (Å²) in [5.74, 6) is -0.366. The van der Waals surface area contributed by atoms with E-state index < -0.39 is 5.97 Å². The maximum Gasteiger partial charge on any atom is 0.306 e. The van der Waals surface area contributed by atoms with Crippen LogP contribution in [0.15, 0.2) is 0 Å². The molecule has 76 valence electrons. The first kappa shape index (κ1) is 10.5. The molecule has 3 heteroatoms. The first-order valence-corrected chi connectivity index (χ1v) is 5.04. The Labute approximate surface area is 79.1 Å². The van der Waals surface area contributed by atoms with E-state index >= 15 is 0 Å². The minimum atomic E-state index is -0.659. The summed E-state index contributed by atoms with van der Waals surface area (Å²) in [6, 6.07) is 0. The molecule has 2 atom stereocenters. The second kappa shape index (κ2) is 5.22. The minimum Gasteiger partial charge on any atom is -0.481 e. The van der Waals surface area contributed by atoms with E-state index in [1.54, 1.807) is 0 Å². The molecule has 1 rings (SSSR count). The molecule has 3 nitrogen and oxygen atoms in total. The Bertz CT molecular complexity index is 162. The Hall–Kier alpha value is -0.570. The zero-order chi connectivity index (χ0) is 9.68. The highest BCUT2D eigenvalue weighted by Crippen LogP contribution is 2.23. The molecule has 1 heterocycles. The highest BCUT2D eigenvalue weighted by atomic mass is 16.5. The molecule has 0 spiro atoms. The fraction of sp³-hybridized carbons (Fsp3) is 0.900. The van der Waals surface area contributed by atoms with Crippen molar-refractivity contribution in [2.24, 2.45) is 11.8 Å². The number of hydrogen-bond acceptors (Lipinski definition) is 2. The van der Waals surface area contributed by atoms with Gasteiger partial charge in [0.05, 0.1) is 5.92 Å². The van der Waals surface area contributed by atoms with Crippen molar-refractivity contribution in [2.45, 2.75) is 32.6 Å². The van der Waals surface area contributed by atoms with Gasteiger partial charge in [0, 0.05) is 13.2 Å². The fourth-order valence-electron chi connectivity index (χ4n) is 1.84. The summed E-state index contributed by atoms with van der Waals surface area (Å²) >= 11 is 0. The molecule has 0 saturated carbocycles. The Balaban J connectivity index is 2.31. The van der Waals surface area contributed by atoms with Crippen LogP contribution >= 0.6 is 0 Å². The van der Waals surface area contributed by atoms with Gasteiger partial charge in [-0.3, -0.25) is 4.79 Å². The summed E-state index contributed by atoms with van der Waals surface area (Å²) in [7, 11) is 0. The van der Waals surface area contributed by atoms with E-state index in [2.05, 4.69) is 0 Å². The van der Waals surface area contributed by atoms with Crippen molar-refractivity contribution in [2.75, 3.05) is 13.2 Å².